The van der Waals surface area contributed by atoms with E-state index in [0.29, 0.717) is 12.8 Å². The van der Waals surface area contributed by atoms with Crippen molar-refractivity contribution >= 4 is 5.97 Å². The number of pyridine rings is 1. The highest BCUT2D eigenvalue weighted by atomic mass is 19.3. The van der Waals surface area contributed by atoms with Crippen LogP contribution < -0.4 is 5.43 Å². The van der Waals surface area contributed by atoms with Crippen LogP contribution in [0.25, 0.3) is 0 Å². The molecule has 0 spiro atoms. The first-order valence-electron chi connectivity index (χ1n) is 6.71. The van der Waals surface area contributed by atoms with Crippen LogP contribution in [0.1, 0.15) is 54.6 Å². The van der Waals surface area contributed by atoms with Gasteiger partial charge in [-0.05, 0) is 19.8 Å². The van der Waals surface area contributed by atoms with E-state index in [1.807, 2.05) is 0 Å². The van der Waals surface area contributed by atoms with Crippen LogP contribution in [0.4, 0.5) is 8.78 Å². The Morgan fingerprint density at radius 3 is 2.95 bits per heavy atom. The molecule has 1 aromatic heterocycles. The zero-order valence-electron chi connectivity index (χ0n) is 11.2. The van der Waals surface area contributed by atoms with Crippen LogP contribution in [-0.2, 0) is 4.74 Å². The zero-order valence-corrected chi connectivity index (χ0v) is 11.2. The minimum absolute atomic E-state index is 0.132. The Morgan fingerprint density at radius 1 is 1.55 bits per heavy atom. The molecule has 1 aliphatic carbocycles. The first kappa shape index (κ1) is 14.7. The topological polar surface area (TPSA) is 59.2 Å². The second-order valence-electron chi connectivity index (χ2n) is 5.00. The third-order valence-electron chi connectivity index (χ3n) is 3.52. The van der Waals surface area contributed by atoms with Crippen molar-refractivity contribution in [1.82, 2.24) is 4.98 Å². The number of carbonyl (C=O) groups is 1. The molecule has 1 N–H and O–H groups in total. The molecule has 0 bridgehead atoms. The monoisotopic (exact) mass is 285 g/mol. The van der Waals surface area contributed by atoms with Gasteiger partial charge in [0.15, 0.2) is 5.43 Å². The molecule has 0 saturated heterocycles. The summed E-state index contributed by atoms with van der Waals surface area (Å²) in [7, 11) is 0. The molecule has 1 aliphatic rings. The number of alkyl halides is 2. The van der Waals surface area contributed by atoms with Crippen molar-refractivity contribution in [3.05, 3.63) is 33.7 Å². The summed E-state index contributed by atoms with van der Waals surface area (Å²) in [5.74, 6) is -4.02. The number of hydrogen-bond donors (Lipinski definition) is 1. The van der Waals surface area contributed by atoms with E-state index >= 15 is 0 Å². The predicted molar refractivity (Wildman–Crippen MR) is 69.2 cm³/mol. The largest absolute Gasteiger partial charge is 0.462 e. The van der Waals surface area contributed by atoms with E-state index < -0.39 is 23.2 Å². The number of esters is 1. The summed E-state index contributed by atoms with van der Waals surface area (Å²) in [4.78, 5) is 26.5. The second kappa shape index (κ2) is 5.73. The standard InChI is InChI=1S/C14H17F2NO3/c1-2-20-13(19)11-10(18)5-7-17-12(11)9-4-3-6-14(15,16)8-9/h5,7,9H,2-4,6,8H2,1H3,(H,17,18)/t9-/m0/s1. The lowest BCUT2D eigenvalue weighted by atomic mass is 9.82. The summed E-state index contributed by atoms with van der Waals surface area (Å²) in [5.41, 5.74) is -0.363. The van der Waals surface area contributed by atoms with Gasteiger partial charge in [0, 0.05) is 36.7 Å². The number of nitrogens with one attached hydrogen (secondary N) is 1. The highest BCUT2D eigenvalue weighted by Gasteiger charge is 2.38. The number of H-pyrrole nitrogens is 1. The molecule has 6 heteroatoms. The van der Waals surface area contributed by atoms with Crippen molar-refractivity contribution < 1.29 is 18.3 Å². The van der Waals surface area contributed by atoms with Gasteiger partial charge in [0.1, 0.15) is 5.56 Å². The molecule has 1 heterocycles. The Hall–Kier alpha value is -1.72. The van der Waals surface area contributed by atoms with E-state index in [1.165, 1.54) is 12.3 Å². The van der Waals surface area contributed by atoms with Crippen molar-refractivity contribution in [2.45, 2.75) is 44.4 Å². The van der Waals surface area contributed by atoms with Crippen LogP contribution in [0.5, 0.6) is 0 Å². The van der Waals surface area contributed by atoms with Crippen molar-refractivity contribution in [3.63, 3.8) is 0 Å². The molecule has 1 aromatic rings. The van der Waals surface area contributed by atoms with E-state index in [-0.39, 0.29) is 30.7 Å². The number of hydrogen-bond acceptors (Lipinski definition) is 3. The van der Waals surface area contributed by atoms with Gasteiger partial charge in [0.05, 0.1) is 6.61 Å². The highest BCUT2D eigenvalue weighted by molar-refractivity contribution is 5.90. The van der Waals surface area contributed by atoms with Crippen LogP contribution in [-0.4, -0.2) is 23.5 Å². The van der Waals surface area contributed by atoms with Gasteiger partial charge in [-0.2, -0.15) is 0 Å². The lowest BCUT2D eigenvalue weighted by Crippen LogP contribution is -2.29. The third-order valence-corrected chi connectivity index (χ3v) is 3.52. The molecular formula is C14H17F2NO3. The summed E-state index contributed by atoms with van der Waals surface area (Å²) >= 11 is 0. The van der Waals surface area contributed by atoms with Crippen LogP contribution in [0.2, 0.25) is 0 Å². The molecule has 1 fully saturated rings. The Labute approximate surface area is 115 Å². The second-order valence-corrected chi connectivity index (χ2v) is 5.00. The van der Waals surface area contributed by atoms with Crippen LogP contribution in [0.3, 0.4) is 0 Å². The van der Waals surface area contributed by atoms with E-state index in [0.717, 1.165) is 0 Å². The maximum absolute atomic E-state index is 13.5. The number of carbonyl (C=O) groups excluding carboxylic acids is 1. The molecule has 0 aliphatic heterocycles. The Kier molecular flexibility index (Phi) is 4.20. The lowest BCUT2D eigenvalue weighted by molar-refractivity contribution is -0.0414. The lowest BCUT2D eigenvalue weighted by Gasteiger charge is -2.29. The average Bonchev–Trinajstić information content (AvgIpc) is 2.37. The Balaban J connectivity index is 2.39. The minimum atomic E-state index is -2.75. The van der Waals surface area contributed by atoms with Crippen molar-refractivity contribution in [2.24, 2.45) is 0 Å². The van der Waals surface area contributed by atoms with Crippen molar-refractivity contribution in [3.8, 4) is 0 Å². The minimum Gasteiger partial charge on any atom is -0.462 e. The molecule has 0 unspecified atom stereocenters. The van der Waals surface area contributed by atoms with Crippen LogP contribution in [0, 0.1) is 0 Å². The van der Waals surface area contributed by atoms with Crippen LogP contribution in [0.15, 0.2) is 17.1 Å². The van der Waals surface area contributed by atoms with Gasteiger partial charge >= 0.3 is 5.97 Å². The van der Waals surface area contributed by atoms with Crippen molar-refractivity contribution in [2.75, 3.05) is 6.61 Å². The molecule has 1 saturated carbocycles. The molecule has 1 atom stereocenters. The smallest absolute Gasteiger partial charge is 0.343 e. The number of rotatable bonds is 3. The SMILES string of the molecule is CCOC(=O)c1c([C@H]2CCCC(F)(F)C2)[nH]ccc1=O. The van der Waals surface area contributed by atoms with E-state index in [4.69, 9.17) is 4.74 Å². The van der Waals surface area contributed by atoms with Gasteiger partial charge < -0.3 is 9.72 Å². The maximum Gasteiger partial charge on any atom is 0.343 e. The number of ether oxygens (including phenoxy) is 1. The van der Waals surface area contributed by atoms with Crippen molar-refractivity contribution in [1.29, 1.82) is 0 Å². The fourth-order valence-corrected chi connectivity index (χ4v) is 2.65. The Bertz CT molecular complexity index is 554. The fourth-order valence-electron chi connectivity index (χ4n) is 2.65. The molecule has 0 amide bonds. The summed E-state index contributed by atoms with van der Waals surface area (Å²) in [6, 6.07) is 1.21. The first-order chi connectivity index (χ1) is 9.44. The van der Waals surface area contributed by atoms with E-state index in [2.05, 4.69) is 4.98 Å². The highest BCUT2D eigenvalue weighted by Crippen LogP contribution is 2.41. The number of aromatic nitrogens is 1. The summed E-state index contributed by atoms with van der Waals surface area (Å²) in [6.07, 6.45) is 1.79. The third kappa shape index (κ3) is 3.05. The van der Waals surface area contributed by atoms with Gasteiger partial charge in [-0.3, -0.25) is 4.79 Å². The van der Waals surface area contributed by atoms with Gasteiger partial charge in [0.2, 0.25) is 5.92 Å². The summed E-state index contributed by atoms with van der Waals surface area (Å²) < 4.78 is 31.9. The molecule has 110 valence electrons. The quantitative estimate of drug-likeness (QED) is 0.869. The average molecular weight is 285 g/mol. The first-order valence-corrected chi connectivity index (χ1v) is 6.71. The number of aromatic amines is 1. The van der Waals surface area contributed by atoms with Gasteiger partial charge in [-0.15, -0.1) is 0 Å². The molecule has 0 aromatic carbocycles. The molecule has 0 radical (unpaired) electrons. The van der Waals surface area contributed by atoms with E-state index in [9.17, 15) is 18.4 Å². The molecular weight excluding hydrogens is 268 g/mol. The fraction of sp³-hybridized carbons (Fsp3) is 0.571. The van der Waals surface area contributed by atoms with Gasteiger partial charge in [-0.25, -0.2) is 13.6 Å². The molecule has 4 nitrogen and oxygen atoms in total. The molecule has 2 rings (SSSR count). The normalized spacial score (nSPS) is 21.4. The number of halogens is 2. The summed E-state index contributed by atoms with van der Waals surface area (Å²) in [6.45, 7) is 1.76. The molecule has 20 heavy (non-hydrogen) atoms. The Morgan fingerprint density at radius 2 is 2.30 bits per heavy atom. The van der Waals surface area contributed by atoms with Crippen LogP contribution >= 0.6 is 0 Å². The predicted octanol–water partition coefficient (Wildman–Crippen LogP) is 2.84. The van der Waals surface area contributed by atoms with E-state index in [1.54, 1.807) is 6.92 Å². The van der Waals surface area contributed by atoms with Gasteiger partial charge in [-0.1, -0.05) is 0 Å². The van der Waals surface area contributed by atoms with Gasteiger partial charge in [0.25, 0.3) is 0 Å². The zero-order chi connectivity index (χ0) is 14.8. The maximum atomic E-state index is 13.5. The summed E-state index contributed by atoms with van der Waals surface area (Å²) in [5, 5.41) is 0.